The zero-order valence-electron chi connectivity index (χ0n) is 11.7. The molecule has 102 valence electrons. The maximum absolute atomic E-state index is 9.41. The molecule has 4 N–H and O–H groups in total. The minimum absolute atomic E-state index is 0.162. The Balaban J connectivity index is 2.76. The fourth-order valence-corrected chi connectivity index (χ4v) is 2.40. The first-order chi connectivity index (χ1) is 8.58. The highest BCUT2D eigenvalue weighted by molar-refractivity contribution is 5.30. The standard InChI is InChI=1S/C15H26N2O/c1-4-13-7-5-6-8-14(13)15(10-16)17-11(2)9-12(3)18/h5-8,11-12,15,17-18H,4,9-10,16H2,1-3H3. The number of benzene rings is 1. The molecule has 0 aliphatic carbocycles. The van der Waals surface area contributed by atoms with Crippen molar-refractivity contribution in [1.29, 1.82) is 0 Å². The Morgan fingerprint density at radius 3 is 2.50 bits per heavy atom. The van der Waals surface area contributed by atoms with Gasteiger partial charge in [0.25, 0.3) is 0 Å². The minimum atomic E-state index is -0.285. The van der Waals surface area contributed by atoms with Gasteiger partial charge in [0, 0.05) is 18.6 Å². The number of aryl methyl sites for hydroxylation is 1. The molecule has 3 atom stereocenters. The van der Waals surface area contributed by atoms with Crippen LogP contribution >= 0.6 is 0 Å². The third-order valence-corrected chi connectivity index (χ3v) is 3.23. The van der Waals surface area contributed by atoms with Crippen LogP contribution in [0.3, 0.4) is 0 Å². The topological polar surface area (TPSA) is 58.3 Å². The first kappa shape index (κ1) is 15.2. The molecule has 1 aromatic rings. The Morgan fingerprint density at radius 2 is 1.94 bits per heavy atom. The van der Waals surface area contributed by atoms with Crippen molar-refractivity contribution in [2.45, 2.75) is 51.8 Å². The number of nitrogens with one attached hydrogen (secondary N) is 1. The van der Waals surface area contributed by atoms with Crippen LogP contribution in [0.4, 0.5) is 0 Å². The largest absolute Gasteiger partial charge is 0.393 e. The minimum Gasteiger partial charge on any atom is -0.393 e. The van der Waals surface area contributed by atoms with Crippen LogP contribution in [-0.4, -0.2) is 23.8 Å². The predicted molar refractivity (Wildman–Crippen MR) is 76.5 cm³/mol. The molecule has 3 unspecified atom stereocenters. The maximum Gasteiger partial charge on any atom is 0.0526 e. The second-order valence-electron chi connectivity index (χ2n) is 4.99. The summed E-state index contributed by atoms with van der Waals surface area (Å²) in [5, 5.41) is 12.9. The van der Waals surface area contributed by atoms with Gasteiger partial charge in [0.15, 0.2) is 0 Å². The van der Waals surface area contributed by atoms with Crippen LogP contribution in [0.25, 0.3) is 0 Å². The van der Waals surface area contributed by atoms with Gasteiger partial charge in [-0.15, -0.1) is 0 Å². The number of aliphatic hydroxyl groups excluding tert-OH is 1. The smallest absolute Gasteiger partial charge is 0.0526 e. The number of hydrogen-bond acceptors (Lipinski definition) is 3. The lowest BCUT2D eigenvalue weighted by Crippen LogP contribution is -2.37. The van der Waals surface area contributed by atoms with Crippen LogP contribution in [0.1, 0.15) is 44.4 Å². The monoisotopic (exact) mass is 250 g/mol. The molecule has 0 amide bonds. The molecule has 0 aliphatic rings. The van der Waals surface area contributed by atoms with Gasteiger partial charge in [-0.05, 0) is 37.8 Å². The van der Waals surface area contributed by atoms with Gasteiger partial charge in [-0.3, -0.25) is 0 Å². The van der Waals surface area contributed by atoms with Gasteiger partial charge < -0.3 is 16.2 Å². The number of hydrogen-bond donors (Lipinski definition) is 3. The van der Waals surface area contributed by atoms with Crippen LogP contribution in [0.15, 0.2) is 24.3 Å². The van der Waals surface area contributed by atoms with E-state index in [1.54, 1.807) is 0 Å². The summed E-state index contributed by atoms with van der Waals surface area (Å²) < 4.78 is 0. The molecule has 0 aliphatic heterocycles. The summed E-state index contributed by atoms with van der Waals surface area (Å²) in [6, 6.07) is 8.82. The van der Waals surface area contributed by atoms with Crippen LogP contribution < -0.4 is 11.1 Å². The maximum atomic E-state index is 9.41. The first-order valence-corrected chi connectivity index (χ1v) is 6.80. The molecule has 3 nitrogen and oxygen atoms in total. The molecule has 0 bridgehead atoms. The predicted octanol–water partition coefficient (Wildman–Crippen LogP) is 2.00. The summed E-state index contributed by atoms with van der Waals surface area (Å²) in [7, 11) is 0. The highest BCUT2D eigenvalue weighted by atomic mass is 16.3. The summed E-state index contributed by atoms with van der Waals surface area (Å²) in [5.74, 6) is 0. The van der Waals surface area contributed by atoms with Crippen molar-refractivity contribution in [1.82, 2.24) is 5.32 Å². The highest BCUT2D eigenvalue weighted by Gasteiger charge is 2.16. The molecule has 0 saturated carbocycles. The third kappa shape index (κ3) is 4.41. The van der Waals surface area contributed by atoms with E-state index in [1.807, 2.05) is 6.92 Å². The SMILES string of the molecule is CCc1ccccc1C(CN)NC(C)CC(C)O. The van der Waals surface area contributed by atoms with Crippen molar-refractivity contribution in [3.8, 4) is 0 Å². The van der Waals surface area contributed by atoms with Crippen molar-refractivity contribution < 1.29 is 5.11 Å². The summed E-state index contributed by atoms with van der Waals surface area (Å²) in [5.41, 5.74) is 8.50. The van der Waals surface area contributed by atoms with Crippen LogP contribution in [0.5, 0.6) is 0 Å². The fraction of sp³-hybridized carbons (Fsp3) is 0.600. The molecule has 0 spiro atoms. The Morgan fingerprint density at radius 1 is 1.28 bits per heavy atom. The van der Waals surface area contributed by atoms with E-state index in [2.05, 4.69) is 43.4 Å². The van der Waals surface area contributed by atoms with Crippen LogP contribution in [-0.2, 0) is 6.42 Å². The number of rotatable bonds is 7. The van der Waals surface area contributed by atoms with Gasteiger partial charge in [-0.2, -0.15) is 0 Å². The van der Waals surface area contributed by atoms with E-state index in [0.717, 1.165) is 12.8 Å². The molecule has 0 radical (unpaired) electrons. The Labute approximate surface area is 110 Å². The summed E-state index contributed by atoms with van der Waals surface area (Å²) >= 11 is 0. The zero-order valence-corrected chi connectivity index (χ0v) is 11.7. The Bertz CT molecular complexity index is 352. The lowest BCUT2D eigenvalue weighted by atomic mass is 9.97. The van der Waals surface area contributed by atoms with Gasteiger partial charge in [0.05, 0.1) is 6.10 Å². The molecule has 0 aromatic heterocycles. The number of aliphatic hydroxyl groups is 1. The molecule has 18 heavy (non-hydrogen) atoms. The van der Waals surface area contributed by atoms with Crippen molar-refractivity contribution in [3.05, 3.63) is 35.4 Å². The second kappa shape index (κ2) is 7.52. The first-order valence-electron chi connectivity index (χ1n) is 6.80. The zero-order chi connectivity index (χ0) is 13.5. The summed E-state index contributed by atoms with van der Waals surface area (Å²) in [4.78, 5) is 0. The van der Waals surface area contributed by atoms with E-state index in [-0.39, 0.29) is 18.2 Å². The quantitative estimate of drug-likeness (QED) is 0.693. The van der Waals surface area contributed by atoms with E-state index >= 15 is 0 Å². The molecular weight excluding hydrogens is 224 g/mol. The third-order valence-electron chi connectivity index (χ3n) is 3.23. The van der Waals surface area contributed by atoms with Crippen molar-refractivity contribution >= 4 is 0 Å². The molecular formula is C15H26N2O. The normalized spacial score (nSPS) is 16.3. The number of nitrogens with two attached hydrogens (primary N) is 1. The van der Waals surface area contributed by atoms with Gasteiger partial charge in [-0.1, -0.05) is 31.2 Å². The van der Waals surface area contributed by atoms with Crippen LogP contribution in [0, 0.1) is 0 Å². The van der Waals surface area contributed by atoms with E-state index in [4.69, 9.17) is 5.73 Å². The second-order valence-corrected chi connectivity index (χ2v) is 4.99. The van der Waals surface area contributed by atoms with Gasteiger partial charge in [-0.25, -0.2) is 0 Å². The summed E-state index contributed by atoms with van der Waals surface area (Å²) in [6.45, 7) is 6.63. The van der Waals surface area contributed by atoms with Gasteiger partial charge in [0.2, 0.25) is 0 Å². The molecule has 0 saturated heterocycles. The Hall–Kier alpha value is -0.900. The van der Waals surface area contributed by atoms with E-state index < -0.39 is 0 Å². The Kier molecular flexibility index (Phi) is 6.33. The molecule has 0 heterocycles. The van der Waals surface area contributed by atoms with E-state index in [0.29, 0.717) is 6.54 Å². The van der Waals surface area contributed by atoms with Crippen molar-refractivity contribution in [2.75, 3.05) is 6.54 Å². The highest BCUT2D eigenvalue weighted by Crippen LogP contribution is 2.19. The molecule has 1 aromatic carbocycles. The molecule has 0 fully saturated rings. The molecule has 3 heteroatoms. The summed E-state index contributed by atoms with van der Waals surface area (Å²) in [6.07, 6.45) is 1.47. The average molecular weight is 250 g/mol. The van der Waals surface area contributed by atoms with E-state index in [9.17, 15) is 5.11 Å². The van der Waals surface area contributed by atoms with Gasteiger partial charge in [0.1, 0.15) is 0 Å². The van der Waals surface area contributed by atoms with E-state index in [1.165, 1.54) is 11.1 Å². The lowest BCUT2D eigenvalue weighted by Gasteiger charge is -2.25. The van der Waals surface area contributed by atoms with Crippen molar-refractivity contribution in [2.24, 2.45) is 5.73 Å². The van der Waals surface area contributed by atoms with Crippen molar-refractivity contribution in [3.63, 3.8) is 0 Å². The van der Waals surface area contributed by atoms with Crippen LogP contribution in [0.2, 0.25) is 0 Å². The molecule has 1 rings (SSSR count). The fourth-order valence-electron chi connectivity index (χ4n) is 2.40. The lowest BCUT2D eigenvalue weighted by molar-refractivity contribution is 0.168. The van der Waals surface area contributed by atoms with Gasteiger partial charge >= 0.3 is 0 Å². The average Bonchev–Trinajstić information content (AvgIpc) is 2.35.